The average Bonchev–Trinajstić information content (AvgIpc) is 2.96. The van der Waals surface area contributed by atoms with Crippen LogP contribution in [0.15, 0.2) is 23.1 Å². The Labute approximate surface area is 149 Å². The maximum Gasteiger partial charge on any atom is 0.0522 e. The van der Waals surface area contributed by atoms with Gasteiger partial charge in [-0.2, -0.15) is 0 Å². The Bertz CT molecular complexity index is 544. The van der Waals surface area contributed by atoms with Crippen LogP contribution in [0.3, 0.4) is 0 Å². The minimum absolute atomic E-state index is 0.705. The molecule has 0 N–H and O–H groups in total. The summed E-state index contributed by atoms with van der Waals surface area (Å²) in [7, 11) is 0. The molecule has 2 nitrogen and oxygen atoms in total. The molecule has 1 aromatic rings. The van der Waals surface area contributed by atoms with E-state index in [0.29, 0.717) is 6.04 Å². The molecule has 4 rings (SSSR count). The molecule has 1 saturated carbocycles. The van der Waals surface area contributed by atoms with Crippen molar-refractivity contribution in [1.29, 1.82) is 0 Å². The SMILES string of the molecule is Clc1ccc2c(c1)N(CCN1CCCC1)C1CCCCCC1S2. The zero-order chi connectivity index (χ0) is 15.6. The zero-order valence-electron chi connectivity index (χ0n) is 13.8. The maximum absolute atomic E-state index is 6.33. The number of nitrogens with zero attached hydrogens (tertiary/aromatic N) is 2. The first-order valence-corrected chi connectivity index (χ1v) is 10.5. The fourth-order valence-corrected chi connectivity index (χ4v) is 6.11. The predicted octanol–water partition coefficient (Wildman–Crippen LogP) is 5.05. The lowest BCUT2D eigenvalue weighted by Crippen LogP contribution is -2.47. The summed E-state index contributed by atoms with van der Waals surface area (Å²) in [6.07, 6.45) is 9.68. The highest BCUT2D eigenvalue weighted by atomic mass is 35.5. The van der Waals surface area contributed by atoms with Crippen LogP contribution in [0.5, 0.6) is 0 Å². The van der Waals surface area contributed by atoms with Crippen molar-refractivity contribution < 1.29 is 0 Å². The predicted molar refractivity (Wildman–Crippen MR) is 101 cm³/mol. The third-order valence-corrected chi connectivity index (χ3v) is 7.37. The standard InChI is InChI=1S/C19H27ClN2S/c20-15-8-9-19-17(14-15)22(13-12-21-10-4-5-11-21)16-6-2-1-3-7-18(16)23-19/h8-9,14,16,18H,1-7,10-13H2. The number of rotatable bonds is 3. The van der Waals surface area contributed by atoms with E-state index in [1.54, 1.807) is 0 Å². The summed E-state index contributed by atoms with van der Waals surface area (Å²) in [6, 6.07) is 7.21. The molecule has 0 radical (unpaired) electrons. The molecule has 2 unspecified atom stereocenters. The van der Waals surface area contributed by atoms with Gasteiger partial charge in [0.25, 0.3) is 0 Å². The quantitative estimate of drug-likeness (QED) is 0.753. The summed E-state index contributed by atoms with van der Waals surface area (Å²) >= 11 is 8.44. The molecule has 2 aliphatic heterocycles. The lowest BCUT2D eigenvalue weighted by Gasteiger charge is -2.43. The van der Waals surface area contributed by atoms with Crippen molar-refractivity contribution in [2.24, 2.45) is 0 Å². The molecule has 1 aromatic carbocycles. The van der Waals surface area contributed by atoms with Crippen LogP contribution in [0.2, 0.25) is 5.02 Å². The average molecular weight is 351 g/mol. The van der Waals surface area contributed by atoms with Crippen molar-refractivity contribution in [2.75, 3.05) is 31.1 Å². The lowest BCUT2D eigenvalue weighted by atomic mass is 10.0. The number of likely N-dealkylation sites (tertiary alicyclic amines) is 1. The second-order valence-corrected chi connectivity index (χ2v) is 8.93. The van der Waals surface area contributed by atoms with Gasteiger partial charge in [-0.3, -0.25) is 0 Å². The van der Waals surface area contributed by atoms with Gasteiger partial charge in [-0.15, -0.1) is 11.8 Å². The molecule has 0 amide bonds. The van der Waals surface area contributed by atoms with Crippen LogP contribution in [0, 0.1) is 0 Å². The molecule has 2 heterocycles. The first kappa shape index (κ1) is 16.1. The zero-order valence-corrected chi connectivity index (χ0v) is 15.4. The van der Waals surface area contributed by atoms with Gasteiger partial charge in [0, 0.05) is 34.3 Å². The van der Waals surface area contributed by atoms with Crippen LogP contribution in [-0.2, 0) is 0 Å². The van der Waals surface area contributed by atoms with Crippen LogP contribution >= 0.6 is 23.4 Å². The third kappa shape index (κ3) is 3.52. The van der Waals surface area contributed by atoms with Crippen molar-refractivity contribution >= 4 is 29.1 Å². The van der Waals surface area contributed by atoms with Crippen LogP contribution in [0.25, 0.3) is 0 Å². The number of benzene rings is 1. The van der Waals surface area contributed by atoms with Crippen molar-refractivity contribution in [3.8, 4) is 0 Å². The minimum Gasteiger partial charge on any atom is -0.365 e. The molecule has 2 atom stereocenters. The smallest absolute Gasteiger partial charge is 0.0522 e. The van der Waals surface area contributed by atoms with E-state index in [9.17, 15) is 0 Å². The number of halogens is 1. The second-order valence-electron chi connectivity index (χ2n) is 7.22. The molecule has 0 spiro atoms. The molecular formula is C19H27ClN2S. The van der Waals surface area contributed by atoms with Crippen LogP contribution < -0.4 is 4.90 Å². The third-order valence-electron chi connectivity index (χ3n) is 5.68. The van der Waals surface area contributed by atoms with Gasteiger partial charge >= 0.3 is 0 Å². The molecule has 1 saturated heterocycles. The largest absolute Gasteiger partial charge is 0.365 e. The normalized spacial score (nSPS) is 28.3. The highest BCUT2D eigenvalue weighted by Gasteiger charge is 2.35. The van der Waals surface area contributed by atoms with E-state index in [4.69, 9.17) is 11.6 Å². The fraction of sp³-hybridized carbons (Fsp3) is 0.684. The highest BCUT2D eigenvalue weighted by molar-refractivity contribution is 8.00. The topological polar surface area (TPSA) is 6.48 Å². The van der Waals surface area contributed by atoms with E-state index in [-0.39, 0.29) is 0 Å². The molecule has 0 aromatic heterocycles. The highest BCUT2D eigenvalue weighted by Crippen LogP contribution is 2.46. The van der Waals surface area contributed by atoms with E-state index < -0.39 is 0 Å². The lowest BCUT2D eigenvalue weighted by molar-refractivity contribution is 0.337. The Morgan fingerprint density at radius 3 is 2.70 bits per heavy atom. The number of fused-ring (bicyclic) bond motifs is 2. The summed E-state index contributed by atoms with van der Waals surface area (Å²) < 4.78 is 0. The van der Waals surface area contributed by atoms with Crippen LogP contribution in [-0.4, -0.2) is 42.4 Å². The second kappa shape index (κ2) is 7.25. The summed E-state index contributed by atoms with van der Waals surface area (Å²) in [6.45, 7) is 4.95. The Kier molecular flexibility index (Phi) is 5.07. The van der Waals surface area contributed by atoms with Crippen molar-refractivity contribution in [3.63, 3.8) is 0 Å². The Morgan fingerprint density at radius 1 is 1.00 bits per heavy atom. The molecule has 1 aliphatic carbocycles. The molecule has 126 valence electrons. The van der Waals surface area contributed by atoms with Crippen molar-refractivity contribution in [2.45, 2.75) is 61.1 Å². The monoisotopic (exact) mass is 350 g/mol. The van der Waals surface area contributed by atoms with Gasteiger partial charge in [0.15, 0.2) is 0 Å². The summed E-state index contributed by atoms with van der Waals surface area (Å²) in [5, 5.41) is 1.65. The number of hydrogen-bond donors (Lipinski definition) is 0. The number of thioether (sulfide) groups is 1. The van der Waals surface area contributed by atoms with Gasteiger partial charge < -0.3 is 9.80 Å². The van der Waals surface area contributed by atoms with E-state index in [1.165, 1.54) is 75.2 Å². The van der Waals surface area contributed by atoms with Gasteiger partial charge in [0.1, 0.15) is 0 Å². The van der Waals surface area contributed by atoms with Crippen LogP contribution in [0.4, 0.5) is 5.69 Å². The van der Waals surface area contributed by atoms with Crippen LogP contribution in [0.1, 0.15) is 44.9 Å². The number of anilines is 1. The molecule has 2 fully saturated rings. The van der Waals surface area contributed by atoms with Gasteiger partial charge in [-0.05, 0) is 57.0 Å². The maximum atomic E-state index is 6.33. The summed E-state index contributed by atoms with van der Waals surface area (Å²) in [4.78, 5) is 6.79. The summed E-state index contributed by atoms with van der Waals surface area (Å²) in [5.74, 6) is 0. The van der Waals surface area contributed by atoms with E-state index >= 15 is 0 Å². The minimum atomic E-state index is 0.705. The van der Waals surface area contributed by atoms with Gasteiger partial charge in [-0.1, -0.05) is 30.9 Å². The number of hydrogen-bond acceptors (Lipinski definition) is 3. The van der Waals surface area contributed by atoms with Gasteiger partial charge in [0.05, 0.1) is 5.69 Å². The first-order chi connectivity index (χ1) is 11.3. The molecule has 4 heteroatoms. The molecule has 23 heavy (non-hydrogen) atoms. The van der Waals surface area contributed by atoms with Crippen molar-refractivity contribution in [3.05, 3.63) is 23.2 Å². The van der Waals surface area contributed by atoms with E-state index in [1.807, 2.05) is 0 Å². The first-order valence-electron chi connectivity index (χ1n) is 9.26. The van der Waals surface area contributed by atoms with Gasteiger partial charge in [-0.25, -0.2) is 0 Å². The Morgan fingerprint density at radius 2 is 1.83 bits per heavy atom. The summed E-state index contributed by atoms with van der Waals surface area (Å²) in [5.41, 5.74) is 1.39. The molecule has 3 aliphatic rings. The van der Waals surface area contributed by atoms with Crippen molar-refractivity contribution in [1.82, 2.24) is 4.90 Å². The Hall–Kier alpha value is -0.380. The fourth-order valence-electron chi connectivity index (χ4n) is 4.45. The molecule has 0 bridgehead atoms. The Balaban J connectivity index is 1.59. The van der Waals surface area contributed by atoms with Gasteiger partial charge in [0.2, 0.25) is 0 Å². The van der Waals surface area contributed by atoms with E-state index in [0.717, 1.165) is 16.8 Å². The van der Waals surface area contributed by atoms with E-state index in [2.05, 4.69) is 39.8 Å². The molecular weight excluding hydrogens is 324 g/mol.